The molecule has 5 heteroatoms. The SMILES string of the molecule is CC(C)Oc1ccccc1NS(=O)(=O)/C=C/c1ccccc1. The zero-order valence-electron chi connectivity index (χ0n) is 12.6. The molecule has 4 nitrogen and oxygen atoms in total. The van der Waals surface area contributed by atoms with Gasteiger partial charge < -0.3 is 4.74 Å². The Hall–Kier alpha value is -2.27. The molecule has 0 radical (unpaired) electrons. The van der Waals surface area contributed by atoms with Gasteiger partial charge in [-0.15, -0.1) is 0 Å². The first-order valence-electron chi connectivity index (χ1n) is 6.98. The predicted octanol–water partition coefficient (Wildman–Crippen LogP) is 3.89. The van der Waals surface area contributed by atoms with Crippen LogP contribution < -0.4 is 9.46 Å². The van der Waals surface area contributed by atoms with Crippen molar-refractivity contribution in [2.45, 2.75) is 20.0 Å². The highest BCUT2D eigenvalue weighted by molar-refractivity contribution is 7.95. The maximum absolute atomic E-state index is 12.2. The Labute approximate surface area is 131 Å². The molecular weight excluding hydrogens is 298 g/mol. The van der Waals surface area contributed by atoms with E-state index >= 15 is 0 Å². The average molecular weight is 317 g/mol. The van der Waals surface area contributed by atoms with Crippen molar-refractivity contribution in [2.24, 2.45) is 0 Å². The summed E-state index contributed by atoms with van der Waals surface area (Å²) < 4.78 is 32.4. The Morgan fingerprint density at radius 3 is 2.32 bits per heavy atom. The molecule has 0 unspecified atom stereocenters. The molecular formula is C17H19NO3S. The minimum atomic E-state index is -3.60. The molecule has 0 heterocycles. The smallest absolute Gasteiger partial charge is 0.255 e. The van der Waals surface area contributed by atoms with Crippen LogP contribution in [0.3, 0.4) is 0 Å². The predicted molar refractivity (Wildman–Crippen MR) is 90.2 cm³/mol. The third kappa shape index (κ3) is 4.93. The molecule has 2 aromatic rings. The van der Waals surface area contributed by atoms with Gasteiger partial charge in [-0.3, -0.25) is 4.72 Å². The van der Waals surface area contributed by atoms with E-state index in [9.17, 15) is 8.42 Å². The number of rotatable bonds is 6. The van der Waals surface area contributed by atoms with Gasteiger partial charge >= 0.3 is 0 Å². The van der Waals surface area contributed by atoms with Crippen molar-refractivity contribution < 1.29 is 13.2 Å². The van der Waals surface area contributed by atoms with Crippen LogP contribution in [0.15, 0.2) is 60.0 Å². The zero-order chi connectivity index (χ0) is 16.0. The summed E-state index contributed by atoms with van der Waals surface area (Å²) in [6.07, 6.45) is 1.51. The second-order valence-corrected chi connectivity index (χ2v) is 6.59. The molecule has 22 heavy (non-hydrogen) atoms. The summed E-state index contributed by atoms with van der Waals surface area (Å²) in [7, 11) is -3.60. The molecule has 0 bridgehead atoms. The van der Waals surface area contributed by atoms with E-state index in [1.165, 1.54) is 0 Å². The highest BCUT2D eigenvalue weighted by Gasteiger charge is 2.11. The summed E-state index contributed by atoms with van der Waals surface area (Å²) in [4.78, 5) is 0. The van der Waals surface area contributed by atoms with E-state index in [2.05, 4.69) is 4.72 Å². The minimum absolute atomic E-state index is 0.0366. The van der Waals surface area contributed by atoms with Gasteiger partial charge in [0.25, 0.3) is 10.0 Å². The lowest BCUT2D eigenvalue weighted by atomic mass is 10.2. The number of sulfonamides is 1. The number of hydrogen-bond acceptors (Lipinski definition) is 3. The van der Waals surface area contributed by atoms with Crippen LogP contribution in [-0.2, 0) is 10.0 Å². The number of hydrogen-bond donors (Lipinski definition) is 1. The fraction of sp³-hybridized carbons (Fsp3) is 0.176. The van der Waals surface area contributed by atoms with Crippen molar-refractivity contribution >= 4 is 21.8 Å². The first-order valence-corrected chi connectivity index (χ1v) is 8.52. The van der Waals surface area contributed by atoms with Crippen molar-refractivity contribution in [3.05, 3.63) is 65.6 Å². The Balaban J connectivity index is 2.17. The minimum Gasteiger partial charge on any atom is -0.489 e. The maximum Gasteiger partial charge on any atom is 0.255 e. The van der Waals surface area contributed by atoms with Crippen molar-refractivity contribution in [2.75, 3.05) is 4.72 Å². The first kappa shape index (κ1) is 16.1. The second kappa shape index (κ2) is 7.13. The average Bonchev–Trinajstić information content (AvgIpc) is 2.48. The highest BCUT2D eigenvalue weighted by atomic mass is 32.2. The summed E-state index contributed by atoms with van der Waals surface area (Å²) in [5.74, 6) is 0.509. The van der Waals surface area contributed by atoms with Crippen LogP contribution >= 0.6 is 0 Å². The van der Waals surface area contributed by atoms with Crippen molar-refractivity contribution in [1.29, 1.82) is 0 Å². The van der Waals surface area contributed by atoms with Gasteiger partial charge in [-0.1, -0.05) is 42.5 Å². The number of nitrogens with one attached hydrogen (secondary N) is 1. The molecule has 0 aliphatic rings. The lowest BCUT2D eigenvalue weighted by Gasteiger charge is -2.14. The topological polar surface area (TPSA) is 55.4 Å². The third-order valence-corrected chi connectivity index (χ3v) is 3.74. The number of ether oxygens (including phenoxy) is 1. The van der Waals surface area contributed by atoms with Crippen LogP contribution in [0.25, 0.3) is 6.08 Å². The quantitative estimate of drug-likeness (QED) is 0.879. The fourth-order valence-electron chi connectivity index (χ4n) is 1.83. The van der Waals surface area contributed by atoms with Gasteiger partial charge in [0.2, 0.25) is 0 Å². The largest absolute Gasteiger partial charge is 0.489 e. The van der Waals surface area contributed by atoms with Crippen molar-refractivity contribution in [3.8, 4) is 5.75 Å². The molecule has 2 aromatic carbocycles. The molecule has 1 N–H and O–H groups in total. The van der Waals surface area contributed by atoms with Gasteiger partial charge in [-0.05, 0) is 37.6 Å². The molecule has 0 spiro atoms. The summed E-state index contributed by atoms with van der Waals surface area (Å²) in [6, 6.07) is 16.2. The lowest BCUT2D eigenvalue weighted by Crippen LogP contribution is -2.12. The maximum atomic E-state index is 12.2. The molecule has 0 aromatic heterocycles. The summed E-state index contributed by atoms with van der Waals surface area (Å²) in [6.45, 7) is 3.78. The Morgan fingerprint density at radius 2 is 1.64 bits per heavy atom. The van der Waals surface area contributed by atoms with Crippen LogP contribution in [0.1, 0.15) is 19.4 Å². The zero-order valence-corrected chi connectivity index (χ0v) is 13.4. The highest BCUT2D eigenvalue weighted by Crippen LogP contribution is 2.26. The molecule has 116 valence electrons. The number of anilines is 1. The third-order valence-electron chi connectivity index (χ3n) is 2.74. The standard InChI is InChI=1S/C17H19NO3S/c1-14(2)21-17-11-7-6-10-16(17)18-22(19,20)13-12-15-8-4-3-5-9-15/h3-14,18H,1-2H3/b13-12+. The number of benzene rings is 2. The Morgan fingerprint density at radius 1 is 1.00 bits per heavy atom. The lowest BCUT2D eigenvalue weighted by molar-refractivity contribution is 0.244. The summed E-state index contributed by atoms with van der Waals surface area (Å²) in [5, 5.41) is 1.15. The van der Waals surface area contributed by atoms with Crippen LogP contribution in [0.2, 0.25) is 0 Å². The van der Waals surface area contributed by atoms with Gasteiger partial charge in [0.15, 0.2) is 0 Å². The van der Waals surface area contributed by atoms with Crippen LogP contribution in [0.5, 0.6) is 5.75 Å². The van der Waals surface area contributed by atoms with Crippen molar-refractivity contribution in [3.63, 3.8) is 0 Å². The molecule has 0 fully saturated rings. The van der Waals surface area contributed by atoms with E-state index in [0.717, 1.165) is 11.0 Å². The van der Waals surface area contributed by atoms with Crippen LogP contribution in [0, 0.1) is 0 Å². The van der Waals surface area contributed by atoms with E-state index in [4.69, 9.17) is 4.74 Å². The Kier molecular flexibility index (Phi) is 5.22. The van der Waals surface area contributed by atoms with Gasteiger partial charge in [0.05, 0.1) is 17.2 Å². The van der Waals surface area contributed by atoms with E-state index in [1.807, 2.05) is 44.2 Å². The Bertz CT molecular complexity index is 738. The summed E-state index contributed by atoms with van der Waals surface area (Å²) >= 11 is 0. The van der Waals surface area contributed by atoms with Gasteiger partial charge in [0, 0.05) is 0 Å². The molecule has 0 aliphatic carbocycles. The molecule has 0 saturated heterocycles. The van der Waals surface area contributed by atoms with E-state index in [0.29, 0.717) is 11.4 Å². The molecule has 2 rings (SSSR count). The molecule has 0 atom stereocenters. The number of para-hydroxylation sites is 2. The molecule has 0 aliphatic heterocycles. The van der Waals surface area contributed by atoms with E-state index in [-0.39, 0.29) is 6.10 Å². The summed E-state index contributed by atoms with van der Waals surface area (Å²) in [5.41, 5.74) is 1.24. The van der Waals surface area contributed by atoms with Gasteiger partial charge in [-0.2, -0.15) is 0 Å². The monoisotopic (exact) mass is 317 g/mol. The normalized spacial score (nSPS) is 11.8. The van der Waals surface area contributed by atoms with Gasteiger partial charge in [-0.25, -0.2) is 8.42 Å². The molecule has 0 amide bonds. The fourth-order valence-corrected chi connectivity index (χ4v) is 2.71. The van der Waals surface area contributed by atoms with Gasteiger partial charge in [0.1, 0.15) is 5.75 Å². The first-order chi connectivity index (χ1) is 10.5. The second-order valence-electron chi connectivity index (χ2n) is 5.02. The van der Waals surface area contributed by atoms with Crippen LogP contribution in [-0.4, -0.2) is 14.5 Å². The van der Waals surface area contributed by atoms with Crippen molar-refractivity contribution in [1.82, 2.24) is 0 Å². The van der Waals surface area contributed by atoms with Crippen LogP contribution in [0.4, 0.5) is 5.69 Å². The van der Waals surface area contributed by atoms with E-state index < -0.39 is 10.0 Å². The molecule has 0 saturated carbocycles. The van der Waals surface area contributed by atoms with E-state index in [1.54, 1.807) is 30.3 Å².